The van der Waals surface area contributed by atoms with Gasteiger partial charge in [-0.25, -0.2) is 0 Å². The summed E-state index contributed by atoms with van der Waals surface area (Å²) in [4.78, 5) is 4.13. The predicted octanol–water partition coefficient (Wildman–Crippen LogP) is 1.86. The molecule has 3 rings (SSSR count). The van der Waals surface area contributed by atoms with Gasteiger partial charge in [0.2, 0.25) is 0 Å². The molecule has 0 radical (unpaired) electrons. The quantitative estimate of drug-likeness (QED) is 0.864. The zero-order chi connectivity index (χ0) is 12.2. The standard InChI is InChI=1S/C14H18N4/c1-2-11(10-16-5-1)8-13-9-14(18-17-13)12-3-6-15-7-4-12/h1-2,5,9-10,12,15H,3-4,6-8H2,(H,17,18). The maximum absolute atomic E-state index is 4.46. The molecule has 1 saturated heterocycles. The van der Waals surface area contributed by atoms with Crippen molar-refractivity contribution in [2.24, 2.45) is 0 Å². The van der Waals surface area contributed by atoms with Crippen LogP contribution in [0.15, 0.2) is 30.6 Å². The maximum atomic E-state index is 4.46. The van der Waals surface area contributed by atoms with Gasteiger partial charge in [-0.1, -0.05) is 6.07 Å². The summed E-state index contributed by atoms with van der Waals surface area (Å²) in [5, 5.41) is 11.0. The largest absolute Gasteiger partial charge is 0.317 e. The van der Waals surface area contributed by atoms with Crippen LogP contribution < -0.4 is 5.32 Å². The molecule has 0 unspecified atom stereocenters. The first-order valence-electron chi connectivity index (χ1n) is 6.55. The molecule has 0 saturated carbocycles. The van der Waals surface area contributed by atoms with Gasteiger partial charge in [-0.3, -0.25) is 10.1 Å². The van der Waals surface area contributed by atoms with Gasteiger partial charge in [0.05, 0.1) is 5.69 Å². The molecule has 1 aliphatic heterocycles. The molecule has 0 atom stereocenters. The zero-order valence-electron chi connectivity index (χ0n) is 10.4. The molecule has 2 aromatic rings. The summed E-state index contributed by atoms with van der Waals surface area (Å²) in [6, 6.07) is 6.28. The fraction of sp³-hybridized carbons (Fsp3) is 0.429. The van der Waals surface area contributed by atoms with E-state index in [-0.39, 0.29) is 0 Å². The van der Waals surface area contributed by atoms with Gasteiger partial charge in [0, 0.05) is 30.4 Å². The summed E-state index contributed by atoms with van der Waals surface area (Å²) in [5.41, 5.74) is 3.62. The molecule has 4 heteroatoms. The van der Waals surface area contributed by atoms with Gasteiger partial charge in [0.15, 0.2) is 0 Å². The summed E-state index contributed by atoms with van der Waals surface area (Å²) < 4.78 is 0. The van der Waals surface area contributed by atoms with Crippen LogP contribution in [0.2, 0.25) is 0 Å². The Morgan fingerprint density at radius 2 is 2.17 bits per heavy atom. The molecular formula is C14H18N4. The first-order chi connectivity index (χ1) is 8.92. The van der Waals surface area contributed by atoms with Crippen LogP contribution in [0, 0.1) is 0 Å². The van der Waals surface area contributed by atoms with E-state index in [9.17, 15) is 0 Å². The van der Waals surface area contributed by atoms with Crippen LogP contribution in [0.3, 0.4) is 0 Å². The van der Waals surface area contributed by atoms with Gasteiger partial charge in [-0.05, 0) is 43.6 Å². The molecule has 4 nitrogen and oxygen atoms in total. The van der Waals surface area contributed by atoms with Crippen molar-refractivity contribution in [3.05, 3.63) is 47.5 Å². The molecule has 18 heavy (non-hydrogen) atoms. The minimum atomic E-state index is 0.616. The highest BCUT2D eigenvalue weighted by Crippen LogP contribution is 2.24. The van der Waals surface area contributed by atoms with Crippen molar-refractivity contribution in [1.29, 1.82) is 0 Å². The van der Waals surface area contributed by atoms with Crippen LogP contribution in [0.1, 0.15) is 35.7 Å². The molecule has 1 aliphatic rings. The zero-order valence-corrected chi connectivity index (χ0v) is 10.4. The molecule has 3 heterocycles. The van der Waals surface area contributed by atoms with E-state index in [0.29, 0.717) is 5.92 Å². The molecule has 0 bridgehead atoms. The number of aromatic nitrogens is 3. The van der Waals surface area contributed by atoms with E-state index in [2.05, 4.69) is 32.6 Å². The van der Waals surface area contributed by atoms with E-state index in [1.165, 1.54) is 29.8 Å². The van der Waals surface area contributed by atoms with Gasteiger partial charge in [-0.15, -0.1) is 0 Å². The highest BCUT2D eigenvalue weighted by Gasteiger charge is 2.17. The second-order valence-electron chi connectivity index (χ2n) is 4.88. The fourth-order valence-electron chi connectivity index (χ4n) is 2.52. The predicted molar refractivity (Wildman–Crippen MR) is 70.5 cm³/mol. The van der Waals surface area contributed by atoms with Crippen LogP contribution >= 0.6 is 0 Å². The number of hydrogen-bond donors (Lipinski definition) is 2. The number of nitrogens with zero attached hydrogens (tertiary/aromatic N) is 2. The van der Waals surface area contributed by atoms with Crippen LogP contribution in [-0.2, 0) is 6.42 Å². The third-order valence-corrected chi connectivity index (χ3v) is 3.53. The lowest BCUT2D eigenvalue weighted by molar-refractivity contribution is 0.453. The van der Waals surface area contributed by atoms with Crippen LogP contribution in [0.4, 0.5) is 0 Å². The molecular weight excluding hydrogens is 224 g/mol. The Hall–Kier alpha value is -1.68. The topological polar surface area (TPSA) is 53.6 Å². The Morgan fingerprint density at radius 3 is 2.94 bits per heavy atom. The highest BCUT2D eigenvalue weighted by atomic mass is 15.1. The third kappa shape index (κ3) is 2.59. The lowest BCUT2D eigenvalue weighted by Gasteiger charge is -2.20. The average Bonchev–Trinajstić information content (AvgIpc) is 2.89. The maximum Gasteiger partial charge on any atom is 0.0656 e. The Balaban J connectivity index is 1.69. The second-order valence-corrected chi connectivity index (χ2v) is 4.88. The van der Waals surface area contributed by atoms with E-state index in [0.717, 1.165) is 19.5 Å². The smallest absolute Gasteiger partial charge is 0.0656 e. The number of aromatic amines is 1. The van der Waals surface area contributed by atoms with Gasteiger partial charge >= 0.3 is 0 Å². The fourth-order valence-corrected chi connectivity index (χ4v) is 2.52. The minimum absolute atomic E-state index is 0.616. The lowest BCUT2D eigenvalue weighted by atomic mass is 9.94. The summed E-state index contributed by atoms with van der Waals surface area (Å²) in [6.07, 6.45) is 6.97. The van der Waals surface area contributed by atoms with E-state index in [1.54, 1.807) is 6.20 Å². The molecule has 0 amide bonds. The Labute approximate surface area is 107 Å². The van der Waals surface area contributed by atoms with Crippen molar-refractivity contribution in [3.8, 4) is 0 Å². The van der Waals surface area contributed by atoms with Crippen molar-refractivity contribution in [2.45, 2.75) is 25.2 Å². The van der Waals surface area contributed by atoms with Crippen LogP contribution in [-0.4, -0.2) is 28.3 Å². The summed E-state index contributed by atoms with van der Waals surface area (Å²) >= 11 is 0. The summed E-state index contributed by atoms with van der Waals surface area (Å²) in [7, 11) is 0. The van der Waals surface area contributed by atoms with E-state index in [4.69, 9.17) is 0 Å². The van der Waals surface area contributed by atoms with Crippen LogP contribution in [0.5, 0.6) is 0 Å². The Morgan fingerprint density at radius 1 is 1.28 bits per heavy atom. The first kappa shape index (κ1) is 11.4. The van der Waals surface area contributed by atoms with Gasteiger partial charge < -0.3 is 5.32 Å². The number of piperidine rings is 1. The molecule has 94 valence electrons. The lowest BCUT2D eigenvalue weighted by Crippen LogP contribution is -2.26. The Bertz CT molecular complexity index is 486. The minimum Gasteiger partial charge on any atom is -0.317 e. The molecule has 2 N–H and O–H groups in total. The van der Waals surface area contributed by atoms with E-state index >= 15 is 0 Å². The summed E-state index contributed by atoms with van der Waals surface area (Å²) in [6.45, 7) is 2.21. The molecule has 1 fully saturated rings. The van der Waals surface area contributed by atoms with Gasteiger partial charge in [0.1, 0.15) is 0 Å². The number of H-pyrrole nitrogens is 1. The molecule has 0 aliphatic carbocycles. The molecule has 0 aromatic carbocycles. The van der Waals surface area contributed by atoms with Crippen molar-refractivity contribution >= 4 is 0 Å². The first-order valence-corrected chi connectivity index (χ1v) is 6.55. The highest BCUT2D eigenvalue weighted by molar-refractivity contribution is 5.21. The molecule has 2 aromatic heterocycles. The number of hydrogen-bond acceptors (Lipinski definition) is 3. The van der Waals surface area contributed by atoms with E-state index < -0.39 is 0 Å². The molecule has 0 spiro atoms. The van der Waals surface area contributed by atoms with Crippen molar-refractivity contribution < 1.29 is 0 Å². The Kier molecular flexibility index (Phi) is 3.37. The SMILES string of the molecule is c1cncc(Cc2cc(C3CCNCC3)n[nH]2)c1. The monoisotopic (exact) mass is 242 g/mol. The number of nitrogens with one attached hydrogen (secondary N) is 2. The van der Waals surface area contributed by atoms with E-state index in [1.807, 2.05) is 12.3 Å². The van der Waals surface area contributed by atoms with Crippen LogP contribution in [0.25, 0.3) is 0 Å². The van der Waals surface area contributed by atoms with Crippen molar-refractivity contribution in [3.63, 3.8) is 0 Å². The van der Waals surface area contributed by atoms with Gasteiger partial charge in [-0.2, -0.15) is 5.10 Å². The summed E-state index contributed by atoms with van der Waals surface area (Å²) in [5.74, 6) is 0.616. The number of pyridine rings is 1. The second kappa shape index (κ2) is 5.31. The average molecular weight is 242 g/mol. The van der Waals surface area contributed by atoms with Crippen molar-refractivity contribution in [1.82, 2.24) is 20.5 Å². The normalized spacial score (nSPS) is 16.9. The third-order valence-electron chi connectivity index (χ3n) is 3.53. The number of rotatable bonds is 3. The van der Waals surface area contributed by atoms with Crippen molar-refractivity contribution in [2.75, 3.05) is 13.1 Å². The van der Waals surface area contributed by atoms with Gasteiger partial charge in [0.25, 0.3) is 0 Å².